The van der Waals surface area contributed by atoms with Crippen LogP contribution in [0.2, 0.25) is 0 Å². The summed E-state index contributed by atoms with van der Waals surface area (Å²) in [5.41, 5.74) is 7.85. The van der Waals surface area contributed by atoms with E-state index in [9.17, 15) is 4.79 Å². The molecular weight excluding hydrogens is 186 g/mol. The van der Waals surface area contributed by atoms with Crippen molar-refractivity contribution in [2.75, 3.05) is 0 Å². The summed E-state index contributed by atoms with van der Waals surface area (Å²) < 4.78 is 0. The van der Waals surface area contributed by atoms with E-state index in [1.807, 2.05) is 36.4 Å². The number of hydrogen-bond donors (Lipinski definition) is 1. The fourth-order valence-corrected chi connectivity index (χ4v) is 1.41. The van der Waals surface area contributed by atoms with Crippen molar-refractivity contribution in [1.29, 1.82) is 0 Å². The Bertz CT molecular complexity index is 460. The van der Waals surface area contributed by atoms with Crippen LogP contribution >= 0.6 is 0 Å². The van der Waals surface area contributed by atoms with E-state index in [4.69, 9.17) is 5.73 Å². The quantitative estimate of drug-likeness (QED) is 0.786. The third kappa shape index (κ3) is 2.05. The maximum absolute atomic E-state index is 10.9. The molecule has 15 heavy (non-hydrogen) atoms. The number of rotatable bonds is 2. The molecule has 1 amide bonds. The first-order chi connectivity index (χ1) is 7.27. The Labute approximate surface area is 88.4 Å². The molecule has 0 bridgehead atoms. The first-order valence-corrected chi connectivity index (χ1v) is 4.64. The van der Waals surface area contributed by atoms with Gasteiger partial charge in [-0.15, -0.1) is 0 Å². The highest BCUT2D eigenvalue weighted by molar-refractivity contribution is 5.93. The molecule has 0 heterocycles. The molecule has 0 aliphatic carbocycles. The molecule has 2 aromatic rings. The van der Waals surface area contributed by atoms with Crippen LogP contribution in [0.1, 0.15) is 10.4 Å². The van der Waals surface area contributed by atoms with Gasteiger partial charge < -0.3 is 5.73 Å². The van der Waals surface area contributed by atoms with Gasteiger partial charge in [0.1, 0.15) is 0 Å². The van der Waals surface area contributed by atoms with E-state index in [1.165, 1.54) is 0 Å². The average molecular weight is 196 g/mol. The lowest BCUT2D eigenvalue weighted by molar-refractivity contribution is 0.100. The second kappa shape index (κ2) is 3.96. The van der Waals surface area contributed by atoms with Gasteiger partial charge in [0.15, 0.2) is 0 Å². The summed E-state index contributed by atoms with van der Waals surface area (Å²) >= 11 is 0. The molecule has 0 aromatic heterocycles. The van der Waals surface area contributed by atoms with Crippen molar-refractivity contribution in [3.63, 3.8) is 0 Å². The zero-order valence-corrected chi connectivity index (χ0v) is 8.10. The largest absolute Gasteiger partial charge is 0.366 e. The van der Waals surface area contributed by atoms with Crippen LogP contribution in [0.25, 0.3) is 11.1 Å². The van der Waals surface area contributed by atoms with Crippen LogP contribution in [-0.2, 0) is 0 Å². The Kier molecular flexibility index (Phi) is 2.50. The van der Waals surface area contributed by atoms with Crippen LogP contribution in [0.5, 0.6) is 0 Å². The monoisotopic (exact) mass is 196 g/mol. The van der Waals surface area contributed by atoms with E-state index in [0.29, 0.717) is 5.56 Å². The third-order valence-corrected chi connectivity index (χ3v) is 2.22. The summed E-state index contributed by atoms with van der Waals surface area (Å²) in [5, 5.41) is 0. The van der Waals surface area contributed by atoms with E-state index in [-0.39, 0.29) is 0 Å². The molecule has 2 aromatic carbocycles. The second-order valence-electron chi connectivity index (χ2n) is 3.23. The minimum Gasteiger partial charge on any atom is -0.366 e. The van der Waals surface area contributed by atoms with Crippen LogP contribution in [0.15, 0.2) is 48.5 Å². The lowest BCUT2D eigenvalue weighted by Crippen LogP contribution is -2.10. The van der Waals surface area contributed by atoms with E-state index in [1.54, 1.807) is 12.1 Å². The van der Waals surface area contributed by atoms with Gasteiger partial charge in [-0.25, -0.2) is 0 Å². The normalized spacial score (nSPS) is 9.87. The molecule has 0 saturated heterocycles. The van der Waals surface area contributed by atoms with Gasteiger partial charge in [0.25, 0.3) is 0 Å². The highest BCUT2D eigenvalue weighted by Crippen LogP contribution is 2.18. The summed E-state index contributed by atoms with van der Waals surface area (Å²) in [6.07, 6.45) is 0. The molecule has 73 valence electrons. The molecule has 0 saturated carbocycles. The number of amides is 1. The number of primary amides is 1. The number of carbonyl (C=O) groups excluding carboxylic acids is 1. The molecule has 0 aliphatic heterocycles. The highest BCUT2D eigenvalue weighted by atomic mass is 16.1. The highest BCUT2D eigenvalue weighted by Gasteiger charge is 2.00. The Morgan fingerprint density at radius 3 is 2.00 bits per heavy atom. The molecule has 0 aliphatic rings. The van der Waals surface area contributed by atoms with Crippen molar-refractivity contribution in [3.8, 4) is 11.1 Å². The van der Waals surface area contributed by atoms with Gasteiger partial charge in [0, 0.05) is 5.56 Å². The smallest absolute Gasteiger partial charge is 0.248 e. The predicted molar refractivity (Wildman–Crippen MR) is 59.2 cm³/mol. The van der Waals surface area contributed by atoms with Gasteiger partial charge in [-0.05, 0) is 29.3 Å². The fraction of sp³-hybridized carbons (Fsp3) is 0. The number of benzene rings is 2. The molecule has 0 fully saturated rings. The Balaban J connectivity index is 2.36. The standard InChI is InChI=1S/C13H10NO/c14-13(15)12-8-6-11(7-9-12)10-4-2-1-3-5-10/h2-9H,(H2,14,15). The molecule has 2 rings (SSSR count). The maximum atomic E-state index is 10.9. The summed E-state index contributed by atoms with van der Waals surface area (Å²) in [6, 6.07) is 17.8. The van der Waals surface area contributed by atoms with Crippen molar-refractivity contribution in [2.45, 2.75) is 0 Å². The van der Waals surface area contributed by atoms with Crippen LogP contribution in [0.3, 0.4) is 0 Å². The van der Waals surface area contributed by atoms with Crippen LogP contribution in [0.4, 0.5) is 0 Å². The summed E-state index contributed by atoms with van der Waals surface area (Å²) in [5.74, 6) is -0.400. The van der Waals surface area contributed by atoms with Gasteiger partial charge in [-0.3, -0.25) is 4.79 Å². The fourth-order valence-electron chi connectivity index (χ4n) is 1.41. The summed E-state index contributed by atoms with van der Waals surface area (Å²) in [6.45, 7) is 0. The zero-order valence-electron chi connectivity index (χ0n) is 8.10. The molecule has 1 radical (unpaired) electrons. The Morgan fingerprint density at radius 1 is 0.933 bits per heavy atom. The summed E-state index contributed by atoms with van der Waals surface area (Å²) in [4.78, 5) is 10.9. The van der Waals surface area contributed by atoms with E-state index in [0.717, 1.165) is 11.1 Å². The topological polar surface area (TPSA) is 43.1 Å². The first kappa shape index (κ1) is 9.46. The number of hydrogen-bond acceptors (Lipinski definition) is 1. The van der Waals surface area contributed by atoms with Gasteiger partial charge in [-0.1, -0.05) is 36.4 Å². The minimum absolute atomic E-state index is 0.400. The first-order valence-electron chi connectivity index (χ1n) is 4.64. The van der Waals surface area contributed by atoms with E-state index >= 15 is 0 Å². The molecule has 0 unspecified atom stereocenters. The SMILES string of the molecule is NC(=O)c1ccc(-c2cc[c]cc2)cc1. The minimum atomic E-state index is -0.400. The van der Waals surface area contributed by atoms with Crippen molar-refractivity contribution >= 4 is 5.91 Å². The average Bonchev–Trinajstić information content (AvgIpc) is 2.30. The van der Waals surface area contributed by atoms with Crippen molar-refractivity contribution < 1.29 is 4.79 Å². The lowest BCUT2D eigenvalue weighted by Gasteiger charge is -2.01. The summed E-state index contributed by atoms with van der Waals surface area (Å²) in [7, 11) is 0. The molecule has 0 atom stereocenters. The molecule has 2 N–H and O–H groups in total. The number of nitrogens with two attached hydrogens (primary N) is 1. The molecule has 2 nitrogen and oxygen atoms in total. The zero-order chi connectivity index (χ0) is 10.7. The van der Waals surface area contributed by atoms with Gasteiger partial charge in [-0.2, -0.15) is 0 Å². The van der Waals surface area contributed by atoms with Gasteiger partial charge in [0.2, 0.25) is 5.91 Å². The Hall–Kier alpha value is -2.09. The van der Waals surface area contributed by atoms with Crippen molar-refractivity contribution in [2.24, 2.45) is 5.73 Å². The maximum Gasteiger partial charge on any atom is 0.248 e. The van der Waals surface area contributed by atoms with Crippen LogP contribution in [0, 0.1) is 6.07 Å². The van der Waals surface area contributed by atoms with E-state index < -0.39 is 5.91 Å². The second-order valence-corrected chi connectivity index (χ2v) is 3.23. The van der Waals surface area contributed by atoms with E-state index in [2.05, 4.69) is 6.07 Å². The van der Waals surface area contributed by atoms with Crippen molar-refractivity contribution in [1.82, 2.24) is 0 Å². The van der Waals surface area contributed by atoms with Crippen molar-refractivity contribution in [3.05, 3.63) is 60.2 Å². The van der Waals surface area contributed by atoms with Gasteiger partial charge >= 0.3 is 0 Å². The molecule has 2 heteroatoms. The number of carbonyl (C=O) groups is 1. The Morgan fingerprint density at radius 2 is 1.47 bits per heavy atom. The van der Waals surface area contributed by atoms with Crippen LogP contribution < -0.4 is 5.73 Å². The van der Waals surface area contributed by atoms with Gasteiger partial charge in [0.05, 0.1) is 0 Å². The third-order valence-electron chi connectivity index (χ3n) is 2.22. The molecular formula is C13H10NO. The lowest BCUT2D eigenvalue weighted by atomic mass is 10.0. The predicted octanol–water partition coefficient (Wildman–Crippen LogP) is 2.25. The molecule has 0 spiro atoms. The van der Waals surface area contributed by atoms with Crippen LogP contribution in [-0.4, -0.2) is 5.91 Å².